The van der Waals surface area contributed by atoms with E-state index in [0.29, 0.717) is 17.9 Å². The van der Waals surface area contributed by atoms with Gasteiger partial charge < -0.3 is 10.2 Å². The molecule has 9 heteroatoms. The average Bonchev–Trinajstić information content (AvgIpc) is 2.95. The quantitative estimate of drug-likeness (QED) is 0.265. The van der Waals surface area contributed by atoms with Crippen molar-refractivity contribution in [3.8, 4) is 0 Å². The molecule has 0 aliphatic heterocycles. The van der Waals surface area contributed by atoms with Crippen LogP contribution in [-0.4, -0.2) is 50.3 Å². The van der Waals surface area contributed by atoms with Crippen molar-refractivity contribution < 1.29 is 18.0 Å². The molecule has 3 rings (SSSR count). The number of carbonyl (C=O) groups is 2. The maximum atomic E-state index is 14.1. The highest BCUT2D eigenvalue weighted by atomic mass is 35.5. The van der Waals surface area contributed by atoms with Gasteiger partial charge in [-0.25, -0.2) is 8.42 Å². The first-order valence-electron chi connectivity index (χ1n) is 14.0. The van der Waals surface area contributed by atoms with Gasteiger partial charge in [0.05, 0.1) is 10.6 Å². The zero-order valence-electron chi connectivity index (χ0n) is 24.4. The summed E-state index contributed by atoms with van der Waals surface area (Å²) in [5.41, 5.74) is 2.98. The van der Waals surface area contributed by atoms with Crippen LogP contribution in [0, 0.1) is 13.8 Å². The molecule has 220 valence electrons. The summed E-state index contributed by atoms with van der Waals surface area (Å²) < 4.78 is 29.0. The molecule has 0 heterocycles. The molecule has 0 bridgehead atoms. The Bertz CT molecular complexity index is 1430. The number of nitrogens with one attached hydrogen (secondary N) is 1. The zero-order chi connectivity index (χ0) is 30.2. The maximum Gasteiger partial charge on any atom is 0.264 e. The van der Waals surface area contributed by atoms with E-state index in [1.807, 2.05) is 65.0 Å². The van der Waals surface area contributed by atoms with Crippen LogP contribution in [0.2, 0.25) is 5.02 Å². The van der Waals surface area contributed by atoms with Gasteiger partial charge in [-0.1, -0.05) is 79.5 Å². The highest BCUT2D eigenvalue weighted by molar-refractivity contribution is 7.92. The number of sulfonamides is 1. The number of anilines is 1. The Morgan fingerprint density at radius 3 is 2.17 bits per heavy atom. The first-order valence-corrected chi connectivity index (χ1v) is 15.8. The van der Waals surface area contributed by atoms with Crippen LogP contribution in [-0.2, 0) is 26.0 Å². The fraction of sp³-hybridized carbons (Fsp3) is 0.375. The van der Waals surface area contributed by atoms with Gasteiger partial charge in [-0.2, -0.15) is 0 Å². The molecule has 41 heavy (non-hydrogen) atoms. The van der Waals surface area contributed by atoms with Crippen LogP contribution in [0.15, 0.2) is 77.7 Å². The molecular weight excluding hydrogens is 558 g/mol. The van der Waals surface area contributed by atoms with E-state index >= 15 is 0 Å². The van der Waals surface area contributed by atoms with E-state index in [4.69, 9.17) is 11.6 Å². The molecule has 0 saturated heterocycles. The second-order valence-corrected chi connectivity index (χ2v) is 12.6. The third kappa shape index (κ3) is 8.33. The fourth-order valence-corrected chi connectivity index (χ4v) is 6.02. The van der Waals surface area contributed by atoms with Crippen LogP contribution in [0.4, 0.5) is 5.69 Å². The molecule has 7 nitrogen and oxygen atoms in total. The second-order valence-electron chi connectivity index (χ2n) is 10.3. The molecule has 0 unspecified atom stereocenters. The molecule has 0 saturated carbocycles. The first-order chi connectivity index (χ1) is 19.5. The van der Waals surface area contributed by atoms with Gasteiger partial charge in [0, 0.05) is 17.6 Å². The Labute approximate surface area is 249 Å². The molecule has 0 aromatic heterocycles. The van der Waals surface area contributed by atoms with Crippen LogP contribution < -0.4 is 9.62 Å². The van der Waals surface area contributed by atoms with Gasteiger partial charge in [0.25, 0.3) is 10.0 Å². The molecule has 0 radical (unpaired) electrons. The zero-order valence-corrected chi connectivity index (χ0v) is 26.0. The minimum atomic E-state index is -4.15. The van der Waals surface area contributed by atoms with Crippen molar-refractivity contribution in [2.24, 2.45) is 0 Å². The lowest BCUT2D eigenvalue weighted by Crippen LogP contribution is -2.54. The van der Waals surface area contributed by atoms with Crippen LogP contribution in [0.25, 0.3) is 0 Å². The number of hydrogen-bond acceptors (Lipinski definition) is 4. The molecule has 3 aromatic rings. The molecule has 0 fully saturated rings. The average molecular weight is 598 g/mol. The Balaban J connectivity index is 2.03. The van der Waals surface area contributed by atoms with Gasteiger partial charge in [-0.15, -0.1) is 0 Å². The standard InChI is InChI=1S/C32H40ClN3O4S/c1-6-25(5)34-32(38)30(7-2)35(20-19-26-11-9-8-10-12-26)31(37)22-36(27-16-15-24(4)29(33)21-27)41(39,40)28-17-13-23(3)14-18-28/h8-18,21,25,30H,6-7,19-20,22H2,1-5H3,(H,34,38)/t25-,30-/m1/s1. The largest absolute Gasteiger partial charge is 0.352 e. The van der Waals surface area contributed by atoms with Crippen LogP contribution in [0.5, 0.6) is 0 Å². The lowest BCUT2D eigenvalue weighted by Gasteiger charge is -2.33. The monoisotopic (exact) mass is 597 g/mol. The number of benzene rings is 3. The highest BCUT2D eigenvalue weighted by Crippen LogP contribution is 2.28. The van der Waals surface area contributed by atoms with E-state index in [1.165, 1.54) is 17.0 Å². The van der Waals surface area contributed by atoms with Gasteiger partial charge >= 0.3 is 0 Å². The van der Waals surface area contributed by atoms with Crippen molar-refractivity contribution in [1.82, 2.24) is 10.2 Å². The summed E-state index contributed by atoms with van der Waals surface area (Å²) in [5.74, 6) is -0.728. The van der Waals surface area contributed by atoms with Crippen molar-refractivity contribution in [2.75, 3.05) is 17.4 Å². The molecule has 1 N–H and O–H groups in total. The van der Waals surface area contributed by atoms with Crippen LogP contribution in [0.3, 0.4) is 0 Å². The van der Waals surface area contributed by atoms with Gasteiger partial charge in [0.1, 0.15) is 12.6 Å². The van der Waals surface area contributed by atoms with Crippen LogP contribution in [0.1, 0.15) is 50.3 Å². The van der Waals surface area contributed by atoms with Crippen molar-refractivity contribution in [3.05, 3.63) is 94.5 Å². The number of hydrogen-bond donors (Lipinski definition) is 1. The van der Waals surface area contributed by atoms with Gasteiger partial charge in [0.2, 0.25) is 11.8 Å². The van der Waals surface area contributed by atoms with E-state index in [1.54, 1.807) is 30.3 Å². The van der Waals surface area contributed by atoms with E-state index in [9.17, 15) is 18.0 Å². The third-order valence-electron chi connectivity index (χ3n) is 7.20. The molecular formula is C32H40ClN3O4S. The topological polar surface area (TPSA) is 86.8 Å². The van der Waals surface area contributed by atoms with Crippen molar-refractivity contribution >= 4 is 39.1 Å². The van der Waals surface area contributed by atoms with E-state index in [-0.39, 0.29) is 29.1 Å². The fourth-order valence-electron chi connectivity index (χ4n) is 4.44. The number of halogens is 1. The van der Waals surface area contributed by atoms with E-state index in [0.717, 1.165) is 27.4 Å². The highest BCUT2D eigenvalue weighted by Gasteiger charge is 2.33. The van der Waals surface area contributed by atoms with Crippen molar-refractivity contribution in [2.45, 2.75) is 70.9 Å². The molecule has 2 atom stereocenters. The predicted molar refractivity (Wildman–Crippen MR) is 166 cm³/mol. The minimum Gasteiger partial charge on any atom is -0.352 e. The number of rotatable bonds is 13. The summed E-state index contributed by atoms with van der Waals surface area (Å²) in [6, 6.07) is 20.3. The lowest BCUT2D eigenvalue weighted by molar-refractivity contribution is -0.139. The number of amides is 2. The smallest absolute Gasteiger partial charge is 0.264 e. The Morgan fingerprint density at radius 1 is 0.927 bits per heavy atom. The Kier molecular flexibility index (Phi) is 11.4. The summed E-state index contributed by atoms with van der Waals surface area (Å²) in [6.45, 7) is 9.20. The predicted octanol–water partition coefficient (Wildman–Crippen LogP) is 5.92. The summed E-state index contributed by atoms with van der Waals surface area (Å²) in [6.07, 6.45) is 1.64. The summed E-state index contributed by atoms with van der Waals surface area (Å²) in [5, 5.41) is 3.38. The first kappa shape index (κ1) is 32.2. The number of carbonyl (C=O) groups excluding carboxylic acids is 2. The minimum absolute atomic E-state index is 0.0595. The Hall–Kier alpha value is -3.36. The van der Waals surface area contributed by atoms with Gasteiger partial charge in [-0.05, 0) is 75.4 Å². The number of nitrogens with zero attached hydrogens (tertiary/aromatic N) is 2. The van der Waals surface area contributed by atoms with Crippen molar-refractivity contribution in [3.63, 3.8) is 0 Å². The number of aryl methyl sites for hydroxylation is 2. The molecule has 0 aliphatic rings. The van der Waals surface area contributed by atoms with E-state index in [2.05, 4.69) is 5.32 Å². The van der Waals surface area contributed by atoms with Gasteiger partial charge in [-0.3, -0.25) is 13.9 Å². The molecule has 2 amide bonds. The van der Waals surface area contributed by atoms with Crippen molar-refractivity contribution in [1.29, 1.82) is 0 Å². The SMILES string of the molecule is CC[C@@H](C)NC(=O)[C@@H](CC)N(CCc1ccccc1)C(=O)CN(c1ccc(C)c(Cl)c1)S(=O)(=O)c1ccc(C)cc1. The molecule has 3 aromatic carbocycles. The van der Waals surface area contributed by atoms with Gasteiger partial charge in [0.15, 0.2) is 0 Å². The van der Waals surface area contributed by atoms with Crippen LogP contribution >= 0.6 is 11.6 Å². The summed E-state index contributed by atoms with van der Waals surface area (Å²) >= 11 is 6.40. The molecule has 0 spiro atoms. The third-order valence-corrected chi connectivity index (χ3v) is 9.40. The molecule has 0 aliphatic carbocycles. The summed E-state index contributed by atoms with van der Waals surface area (Å²) in [4.78, 5) is 29.0. The second kappa shape index (κ2) is 14.5. The maximum absolute atomic E-state index is 14.1. The summed E-state index contributed by atoms with van der Waals surface area (Å²) in [7, 11) is -4.15. The lowest BCUT2D eigenvalue weighted by atomic mass is 10.1. The van der Waals surface area contributed by atoms with E-state index < -0.39 is 28.5 Å². The normalized spacial score (nSPS) is 12.8. The Morgan fingerprint density at radius 2 is 1.59 bits per heavy atom.